The van der Waals surface area contributed by atoms with Crippen LogP contribution in [0.15, 0.2) is 64.8 Å². The van der Waals surface area contributed by atoms with E-state index >= 15 is 0 Å². The van der Waals surface area contributed by atoms with E-state index in [0.29, 0.717) is 22.2 Å². The second-order valence-electron chi connectivity index (χ2n) is 6.88. The van der Waals surface area contributed by atoms with Crippen LogP contribution in [0.1, 0.15) is 21.5 Å². The number of rotatable bonds is 6. The third-order valence-electron chi connectivity index (χ3n) is 4.79. The molecular formula is C22H20N4O3S. The molecule has 4 rings (SSSR count). The highest BCUT2D eigenvalue weighted by molar-refractivity contribution is 7.99. The highest BCUT2D eigenvalue weighted by Gasteiger charge is 2.15. The van der Waals surface area contributed by atoms with Crippen molar-refractivity contribution in [1.82, 2.24) is 19.2 Å². The molecule has 4 aromatic rings. The highest BCUT2D eigenvalue weighted by Crippen LogP contribution is 2.20. The Hall–Kier alpha value is -3.39. The van der Waals surface area contributed by atoms with Crippen LogP contribution in [0, 0.1) is 13.8 Å². The lowest BCUT2D eigenvalue weighted by Crippen LogP contribution is -2.20. The van der Waals surface area contributed by atoms with E-state index in [1.807, 2.05) is 50.2 Å². The minimum absolute atomic E-state index is 0.0129. The number of aromatic nitrogens is 4. The number of hydrogen-bond donors (Lipinski definition) is 0. The van der Waals surface area contributed by atoms with Crippen molar-refractivity contribution in [1.29, 1.82) is 0 Å². The molecule has 0 unspecified atom stereocenters. The molecule has 7 nitrogen and oxygen atoms in total. The first kappa shape index (κ1) is 19.9. The molecule has 0 radical (unpaired) electrons. The standard InChI is InChI=1S/C22H20N4O3S/c1-14-7-8-18(15(2)11-14)19(27)13-30-22-24-23-20-21(28)25(9-10-26(20)22)16-5-4-6-17(12-16)29-3/h4-12H,13H2,1-3H3. The summed E-state index contributed by atoms with van der Waals surface area (Å²) in [6, 6.07) is 13.0. The number of hydrogen-bond acceptors (Lipinski definition) is 6. The largest absolute Gasteiger partial charge is 0.497 e. The van der Waals surface area contributed by atoms with Gasteiger partial charge in [0.25, 0.3) is 0 Å². The van der Waals surface area contributed by atoms with Gasteiger partial charge in [0.15, 0.2) is 10.9 Å². The minimum Gasteiger partial charge on any atom is -0.497 e. The number of Topliss-reactive ketones (excluding diaryl/α,β-unsaturated/α-hetero) is 1. The molecule has 2 aromatic heterocycles. The van der Waals surface area contributed by atoms with Crippen LogP contribution >= 0.6 is 11.8 Å². The SMILES string of the molecule is COc1cccc(-n2ccn3c(SCC(=O)c4ccc(C)cc4C)nnc3c2=O)c1. The number of thioether (sulfide) groups is 1. The molecule has 152 valence electrons. The lowest BCUT2D eigenvalue weighted by atomic mass is 10.0. The van der Waals surface area contributed by atoms with E-state index in [0.717, 1.165) is 11.1 Å². The van der Waals surface area contributed by atoms with Crippen molar-refractivity contribution in [2.24, 2.45) is 0 Å². The molecule has 0 bridgehead atoms. The van der Waals surface area contributed by atoms with Crippen LogP contribution in [0.5, 0.6) is 5.75 Å². The average molecular weight is 420 g/mol. The molecule has 0 aliphatic rings. The van der Waals surface area contributed by atoms with E-state index in [-0.39, 0.29) is 22.7 Å². The molecule has 0 saturated heterocycles. The van der Waals surface area contributed by atoms with Crippen molar-refractivity contribution in [2.45, 2.75) is 19.0 Å². The maximum Gasteiger partial charge on any atom is 0.300 e. The van der Waals surface area contributed by atoms with Crippen molar-refractivity contribution in [3.8, 4) is 11.4 Å². The molecule has 0 N–H and O–H groups in total. The Morgan fingerprint density at radius 1 is 1.10 bits per heavy atom. The normalized spacial score (nSPS) is 11.0. The number of aryl methyl sites for hydroxylation is 2. The fourth-order valence-electron chi connectivity index (χ4n) is 3.26. The van der Waals surface area contributed by atoms with Gasteiger partial charge in [-0.05, 0) is 31.5 Å². The molecule has 2 aromatic carbocycles. The van der Waals surface area contributed by atoms with Gasteiger partial charge >= 0.3 is 5.56 Å². The lowest BCUT2D eigenvalue weighted by molar-refractivity contribution is 0.102. The summed E-state index contributed by atoms with van der Waals surface area (Å²) >= 11 is 1.26. The van der Waals surface area contributed by atoms with Gasteiger partial charge in [-0.1, -0.05) is 41.6 Å². The minimum atomic E-state index is -0.300. The quantitative estimate of drug-likeness (QED) is 0.351. The number of ketones is 1. The van der Waals surface area contributed by atoms with Gasteiger partial charge in [-0.2, -0.15) is 0 Å². The van der Waals surface area contributed by atoms with Gasteiger partial charge in [-0.3, -0.25) is 18.6 Å². The first-order valence-electron chi connectivity index (χ1n) is 9.32. The van der Waals surface area contributed by atoms with E-state index in [1.54, 1.807) is 30.0 Å². The Balaban J connectivity index is 1.60. The van der Waals surface area contributed by atoms with Crippen LogP contribution in [-0.2, 0) is 0 Å². The van der Waals surface area contributed by atoms with Crippen molar-refractivity contribution in [3.05, 3.63) is 81.9 Å². The summed E-state index contributed by atoms with van der Waals surface area (Å²) in [5.41, 5.74) is 3.33. The molecule has 0 fully saturated rings. The second kappa shape index (κ2) is 8.16. The Morgan fingerprint density at radius 3 is 2.70 bits per heavy atom. The number of carbonyl (C=O) groups is 1. The van der Waals surface area contributed by atoms with E-state index in [9.17, 15) is 9.59 Å². The summed E-state index contributed by atoms with van der Waals surface area (Å²) in [6.45, 7) is 3.93. The summed E-state index contributed by atoms with van der Waals surface area (Å²) in [4.78, 5) is 25.5. The van der Waals surface area contributed by atoms with Crippen molar-refractivity contribution in [3.63, 3.8) is 0 Å². The molecule has 0 aliphatic carbocycles. The maximum atomic E-state index is 12.9. The topological polar surface area (TPSA) is 78.5 Å². The number of benzene rings is 2. The average Bonchev–Trinajstić information content (AvgIpc) is 3.16. The first-order chi connectivity index (χ1) is 14.5. The zero-order valence-corrected chi connectivity index (χ0v) is 17.6. The van der Waals surface area contributed by atoms with Gasteiger partial charge in [0.05, 0.1) is 18.6 Å². The van der Waals surface area contributed by atoms with Gasteiger partial charge in [0, 0.05) is 24.0 Å². The third kappa shape index (κ3) is 3.73. The molecule has 30 heavy (non-hydrogen) atoms. The Labute approximate surface area is 177 Å². The summed E-state index contributed by atoms with van der Waals surface area (Å²) in [7, 11) is 1.58. The lowest BCUT2D eigenvalue weighted by Gasteiger charge is -2.08. The maximum absolute atomic E-state index is 12.9. The van der Waals surface area contributed by atoms with Crippen LogP contribution in [0.2, 0.25) is 0 Å². The van der Waals surface area contributed by atoms with Crippen LogP contribution < -0.4 is 10.3 Å². The Morgan fingerprint density at radius 2 is 1.93 bits per heavy atom. The zero-order valence-electron chi connectivity index (χ0n) is 16.8. The zero-order chi connectivity index (χ0) is 21.3. The molecule has 2 heterocycles. The summed E-state index contributed by atoms with van der Waals surface area (Å²) in [6.07, 6.45) is 3.38. The Kier molecular flexibility index (Phi) is 5.41. The molecular weight excluding hydrogens is 400 g/mol. The molecule has 8 heteroatoms. The van der Waals surface area contributed by atoms with Crippen LogP contribution in [-0.4, -0.2) is 37.8 Å². The first-order valence-corrected chi connectivity index (χ1v) is 10.3. The van der Waals surface area contributed by atoms with Crippen molar-refractivity contribution in [2.75, 3.05) is 12.9 Å². The molecule has 0 amide bonds. The molecule has 0 atom stereocenters. The monoisotopic (exact) mass is 420 g/mol. The predicted octanol–water partition coefficient (Wildman–Crippen LogP) is 3.48. The fraction of sp³-hybridized carbons (Fsp3) is 0.182. The number of carbonyl (C=O) groups excluding carboxylic acids is 1. The predicted molar refractivity (Wildman–Crippen MR) is 116 cm³/mol. The van der Waals surface area contributed by atoms with Gasteiger partial charge in [0.1, 0.15) is 5.75 Å². The summed E-state index contributed by atoms with van der Waals surface area (Å²) < 4.78 is 8.33. The van der Waals surface area contributed by atoms with Gasteiger partial charge in [-0.15, -0.1) is 10.2 Å². The van der Waals surface area contributed by atoms with E-state index in [4.69, 9.17) is 4.74 Å². The second-order valence-corrected chi connectivity index (χ2v) is 7.82. The molecule has 0 aliphatic heterocycles. The van der Waals surface area contributed by atoms with E-state index in [1.165, 1.54) is 16.3 Å². The fourth-order valence-corrected chi connectivity index (χ4v) is 4.06. The van der Waals surface area contributed by atoms with Crippen molar-refractivity contribution >= 4 is 23.2 Å². The number of fused-ring (bicyclic) bond motifs is 1. The van der Waals surface area contributed by atoms with Crippen LogP contribution in [0.25, 0.3) is 11.3 Å². The van der Waals surface area contributed by atoms with Gasteiger partial charge in [-0.25, -0.2) is 0 Å². The van der Waals surface area contributed by atoms with Crippen LogP contribution in [0.3, 0.4) is 0 Å². The van der Waals surface area contributed by atoms with E-state index < -0.39 is 0 Å². The molecule has 0 saturated carbocycles. The van der Waals surface area contributed by atoms with E-state index in [2.05, 4.69) is 10.2 Å². The summed E-state index contributed by atoms with van der Waals surface area (Å²) in [5.74, 6) is 0.879. The third-order valence-corrected chi connectivity index (χ3v) is 5.73. The smallest absolute Gasteiger partial charge is 0.300 e. The summed E-state index contributed by atoms with van der Waals surface area (Å²) in [5, 5.41) is 8.65. The number of ether oxygens (including phenoxy) is 1. The van der Waals surface area contributed by atoms with Gasteiger partial charge < -0.3 is 4.74 Å². The number of nitrogens with zero attached hydrogens (tertiary/aromatic N) is 4. The van der Waals surface area contributed by atoms with Crippen LogP contribution in [0.4, 0.5) is 0 Å². The highest BCUT2D eigenvalue weighted by atomic mass is 32.2. The Bertz CT molecular complexity index is 1310. The van der Waals surface area contributed by atoms with Crippen molar-refractivity contribution < 1.29 is 9.53 Å². The van der Waals surface area contributed by atoms with Gasteiger partial charge in [0.2, 0.25) is 5.65 Å². The molecule has 0 spiro atoms. The number of methoxy groups -OCH3 is 1.